The van der Waals surface area contributed by atoms with E-state index in [1.807, 2.05) is 60.7 Å². The number of methoxy groups -OCH3 is 1. The first-order valence-electron chi connectivity index (χ1n) is 8.08. The molecule has 0 radical (unpaired) electrons. The van der Waals surface area contributed by atoms with Gasteiger partial charge in [0.25, 0.3) is 5.91 Å². The fourth-order valence-corrected chi connectivity index (χ4v) is 2.70. The van der Waals surface area contributed by atoms with Gasteiger partial charge < -0.3 is 14.8 Å². The molecule has 0 bridgehead atoms. The highest BCUT2D eigenvalue weighted by Gasteiger charge is 2.21. The van der Waals surface area contributed by atoms with Crippen LogP contribution in [0.4, 0.5) is 5.69 Å². The minimum absolute atomic E-state index is 0.307. The van der Waals surface area contributed by atoms with E-state index in [1.54, 1.807) is 18.2 Å². The monoisotopic (exact) mass is 367 g/mol. The molecule has 1 amide bonds. The fraction of sp³-hybridized carbons (Fsp3) is 0.0952. The first-order chi connectivity index (χ1) is 12.7. The molecule has 1 atom stereocenters. The molecule has 3 aromatic carbocycles. The Labute approximate surface area is 157 Å². The normalized spacial score (nSPS) is 11.6. The first kappa shape index (κ1) is 18.0. The molecule has 0 aliphatic carbocycles. The molecule has 0 aliphatic rings. The summed E-state index contributed by atoms with van der Waals surface area (Å²) in [6.45, 7) is 0. The van der Waals surface area contributed by atoms with Gasteiger partial charge in [-0.05, 0) is 35.9 Å². The van der Waals surface area contributed by atoms with Gasteiger partial charge in [-0.3, -0.25) is 4.79 Å². The number of rotatable bonds is 6. The Morgan fingerprint density at radius 3 is 2.27 bits per heavy atom. The standard InChI is InChI=1S/C21H18ClNO3/c1-25-20(15-8-4-2-5-9-15)21(24)23-18-14-16(22)12-13-19(18)26-17-10-6-3-7-11-17/h2-14,20H,1H3,(H,23,24). The number of halogens is 1. The van der Waals surface area contributed by atoms with Gasteiger partial charge in [0.2, 0.25) is 0 Å². The number of ether oxygens (including phenoxy) is 2. The van der Waals surface area contributed by atoms with Crippen LogP contribution in [0, 0.1) is 0 Å². The molecule has 1 unspecified atom stereocenters. The Hall–Kier alpha value is -2.82. The molecule has 3 aromatic rings. The second-order valence-electron chi connectivity index (χ2n) is 5.57. The molecule has 5 heteroatoms. The maximum Gasteiger partial charge on any atom is 0.258 e. The van der Waals surface area contributed by atoms with Gasteiger partial charge in [0.15, 0.2) is 11.9 Å². The Kier molecular flexibility index (Phi) is 5.89. The molecule has 0 saturated carbocycles. The van der Waals surface area contributed by atoms with Crippen LogP contribution in [-0.2, 0) is 9.53 Å². The van der Waals surface area contributed by atoms with E-state index in [2.05, 4.69) is 5.32 Å². The van der Waals surface area contributed by atoms with E-state index in [0.29, 0.717) is 22.2 Å². The van der Waals surface area contributed by atoms with E-state index in [1.165, 1.54) is 7.11 Å². The van der Waals surface area contributed by atoms with Crippen LogP contribution in [-0.4, -0.2) is 13.0 Å². The molecule has 26 heavy (non-hydrogen) atoms. The van der Waals surface area contributed by atoms with Gasteiger partial charge in [0.1, 0.15) is 5.75 Å². The third-order valence-electron chi connectivity index (χ3n) is 3.75. The van der Waals surface area contributed by atoms with Gasteiger partial charge in [-0.15, -0.1) is 0 Å². The molecule has 1 N–H and O–H groups in total. The van der Waals surface area contributed by atoms with Crippen LogP contribution in [0.25, 0.3) is 0 Å². The summed E-state index contributed by atoms with van der Waals surface area (Å²) in [7, 11) is 1.50. The molecule has 0 saturated heterocycles. The predicted octanol–water partition coefficient (Wildman–Crippen LogP) is 5.46. The third kappa shape index (κ3) is 4.42. The zero-order valence-corrected chi connectivity index (χ0v) is 14.9. The highest BCUT2D eigenvalue weighted by molar-refractivity contribution is 6.31. The average molecular weight is 368 g/mol. The van der Waals surface area contributed by atoms with Crippen molar-refractivity contribution in [1.82, 2.24) is 0 Å². The number of para-hydroxylation sites is 1. The molecule has 0 aliphatic heterocycles. The molecule has 0 heterocycles. The quantitative estimate of drug-likeness (QED) is 0.629. The molecule has 4 nitrogen and oxygen atoms in total. The van der Waals surface area contributed by atoms with Gasteiger partial charge in [0, 0.05) is 12.1 Å². The summed E-state index contributed by atoms with van der Waals surface area (Å²) in [5.41, 5.74) is 1.24. The summed E-state index contributed by atoms with van der Waals surface area (Å²) in [6, 6.07) is 23.7. The average Bonchev–Trinajstić information content (AvgIpc) is 2.66. The van der Waals surface area contributed by atoms with Crippen LogP contribution >= 0.6 is 11.6 Å². The SMILES string of the molecule is COC(C(=O)Nc1cc(Cl)ccc1Oc1ccccc1)c1ccccc1. The maximum atomic E-state index is 12.7. The van der Waals surface area contributed by atoms with Crippen molar-refractivity contribution < 1.29 is 14.3 Å². The van der Waals surface area contributed by atoms with Crippen molar-refractivity contribution in [2.24, 2.45) is 0 Å². The van der Waals surface area contributed by atoms with Crippen LogP contribution in [0.5, 0.6) is 11.5 Å². The molecule has 0 spiro atoms. The second-order valence-corrected chi connectivity index (χ2v) is 6.01. The van der Waals surface area contributed by atoms with E-state index in [9.17, 15) is 4.79 Å². The lowest BCUT2D eigenvalue weighted by atomic mass is 10.1. The van der Waals surface area contributed by atoms with Crippen molar-refractivity contribution in [3.05, 3.63) is 89.4 Å². The number of benzene rings is 3. The van der Waals surface area contributed by atoms with Crippen molar-refractivity contribution in [1.29, 1.82) is 0 Å². The highest BCUT2D eigenvalue weighted by Crippen LogP contribution is 2.33. The smallest absolute Gasteiger partial charge is 0.258 e. The summed E-state index contributed by atoms with van der Waals surface area (Å²) in [5, 5.41) is 3.34. The minimum atomic E-state index is -0.736. The van der Waals surface area contributed by atoms with Gasteiger partial charge in [-0.1, -0.05) is 60.1 Å². The molecular weight excluding hydrogens is 350 g/mol. The van der Waals surface area contributed by atoms with Crippen molar-refractivity contribution in [2.75, 3.05) is 12.4 Å². The maximum absolute atomic E-state index is 12.7. The summed E-state index contributed by atoms with van der Waals surface area (Å²) in [4.78, 5) is 12.7. The van der Waals surface area contributed by atoms with Crippen LogP contribution in [0.15, 0.2) is 78.9 Å². The number of nitrogens with one attached hydrogen (secondary N) is 1. The Morgan fingerprint density at radius 1 is 0.962 bits per heavy atom. The number of carbonyl (C=O) groups is 1. The number of anilines is 1. The van der Waals surface area contributed by atoms with Gasteiger partial charge >= 0.3 is 0 Å². The molecule has 3 rings (SSSR count). The molecule has 0 fully saturated rings. The number of hydrogen-bond donors (Lipinski definition) is 1. The highest BCUT2D eigenvalue weighted by atomic mass is 35.5. The third-order valence-corrected chi connectivity index (χ3v) is 3.98. The second kappa shape index (κ2) is 8.52. The molecule has 132 valence electrons. The fourth-order valence-electron chi connectivity index (χ4n) is 2.52. The van der Waals surface area contributed by atoms with Crippen molar-refractivity contribution in [3.63, 3.8) is 0 Å². The van der Waals surface area contributed by atoms with Gasteiger partial charge in [0.05, 0.1) is 5.69 Å². The lowest BCUT2D eigenvalue weighted by molar-refractivity contribution is -0.126. The molecular formula is C21H18ClNO3. The van der Waals surface area contributed by atoms with Crippen LogP contribution < -0.4 is 10.1 Å². The van der Waals surface area contributed by atoms with Crippen molar-refractivity contribution in [3.8, 4) is 11.5 Å². The van der Waals surface area contributed by atoms with E-state index >= 15 is 0 Å². The topological polar surface area (TPSA) is 47.6 Å². The van der Waals surface area contributed by atoms with E-state index < -0.39 is 6.10 Å². The van der Waals surface area contributed by atoms with E-state index in [-0.39, 0.29) is 5.91 Å². The minimum Gasteiger partial charge on any atom is -0.455 e. The van der Waals surface area contributed by atoms with Crippen LogP contribution in [0.1, 0.15) is 11.7 Å². The largest absolute Gasteiger partial charge is 0.455 e. The zero-order valence-electron chi connectivity index (χ0n) is 14.2. The van der Waals surface area contributed by atoms with Crippen molar-refractivity contribution in [2.45, 2.75) is 6.10 Å². The van der Waals surface area contributed by atoms with Crippen LogP contribution in [0.3, 0.4) is 0 Å². The Balaban J connectivity index is 1.84. The van der Waals surface area contributed by atoms with Crippen LogP contribution in [0.2, 0.25) is 5.02 Å². The van der Waals surface area contributed by atoms with Gasteiger partial charge in [-0.2, -0.15) is 0 Å². The first-order valence-corrected chi connectivity index (χ1v) is 8.46. The lowest BCUT2D eigenvalue weighted by Gasteiger charge is -2.18. The van der Waals surface area contributed by atoms with Gasteiger partial charge in [-0.25, -0.2) is 0 Å². The van der Waals surface area contributed by atoms with Crippen molar-refractivity contribution >= 4 is 23.2 Å². The lowest BCUT2D eigenvalue weighted by Crippen LogP contribution is -2.22. The summed E-state index contributed by atoms with van der Waals surface area (Å²) in [6.07, 6.45) is -0.736. The van der Waals surface area contributed by atoms with E-state index in [4.69, 9.17) is 21.1 Å². The summed E-state index contributed by atoms with van der Waals surface area (Å²) < 4.78 is 11.2. The zero-order chi connectivity index (χ0) is 18.4. The number of hydrogen-bond acceptors (Lipinski definition) is 3. The predicted molar refractivity (Wildman–Crippen MR) is 103 cm³/mol. The summed E-state index contributed by atoms with van der Waals surface area (Å²) >= 11 is 6.10. The Morgan fingerprint density at radius 2 is 1.62 bits per heavy atom. The summed E-state index contributed by atoms with van der Waals surface area (Å²) in [5.74, 6) is 0.854. The Bertz CT molecular complexity index is 869. The number of amides is 1. The molecule has 0 aromatic heterocycles. The number of carbonyl (C=O) groups excluding carboxylic acids is 1. The van der Waals surface area contributed by atoms with E-state index in [0.717, 1.165) is 5.56 Å².